The van der Waals surface area contributed by atoms with Crippen LogP contribution in [0.25, 0.3) is 10.9 Å². The van der Waals surface area contributed by atoms with E-state index in [1.54, 1.807) is 6.07 Å². The van der Waals surface area contributed by atoms with E-state index in [2.05, 4.69) is 16.7 Å². The molecule has 1 saturated carbocycles. The summed E-state index contributed by atoms with van der Waals surface area (Å²) in [4.78, 5) is 11.6. The predicted molar refractivity (Wildman–Crippen MR) is 138 cm³/mol. The third-order valence-electron chi connectivity index (χ3n) is 5.87. The lowest BCUT2D eigenvalue weighted by Gasteiger charge is -2.29. The first-order valence-corrected chi connectivity index (χ1v) is 11.6. The molecular formula is C25H33Cl2N5. The Morgan fingerprint density at radius 2 is 1.66 bits per heavy atom. The minimum absolute atomic E-state index is 0. The summed E-state index contributed by atoms with van der Waals surface area (Å²) in [5.41, 5.74) is 2.10. The molecule has 1 fully saturated rings. The Bertz CT molecular complexity index is 1010. The zero-order valence-corrected chi connectivity index (χ0v) is 19.5. The van der Waals surface area contributed by atoms with Crippen LogP contribution in [0, 0.1) is 5.92 Å². The molecule has 32 heavy (non-hydrogen) atoms. The van der Waals surface area contributed by atoms with Gasteiger partial charge in [-0.15, -0.1) is 0 Å². The molecule has 0 spiro atoms. The Hall–Kier alpha value is -2.08. The molecule has 7 heteroatoms. The van der Waals surface area contributed by atoms with Crippen LogP contribution >= 0.6 is 23.2 Å². The number of benzene rings is 2. The van der Waals surface area contributed by atoms with Crippen LogP contribution in [-0.4, -0.2) is 36.6 Å². The number of anilines is 2. The molecule has 0 atom stereocenters. The van der Waals surface area contributed by atoms with Gasteiger partial charge in [0, 0.05) is 42.1 Å². The van der Waals surface area contributed by atoms with E-state index < -0.39 is 0 Å². The maximum atomic E-state index is 6.09. The normalized spacial score (nSPS) is 18.2. The highest BCUT2D eigenvalue weighted by Gasteiger charge is 2.22. The number of rotatable bonds is 7. The lowest BCUT2D eigenvalue weighted by atomic mass is 9.86. The summed E-state index contributed by atoms with van der Waals surface area (Å²) < 4.78 is 0. The van der Waals surface area contributed by atoms with Gasteiger partial charge in [0.15, 0.2) is 0 Å². The zero-order chi connectivity index (χ0) is 21.8. The lowest BCUT2D eigenvalue weighted by molar-refractivity contribution is 0.324. The third-order valence-corrected chi connectivity index (χ3v) is 6.31. The Morgan fingerprint density at radius 1 is 0.969 bits per heavy atom. The molecule has 0 amide bonds. The first kappa shape index (κ1) is 24.6. The summed E-state index contributed by atoms with van der Waals surface area (Å²) >= 11 is 12.2. The average molecular weight is 474 g/mol. The van der Waals surface area contributed by atoms with Gasteiger partial charge in [0.25, 0.3) is 0 Å². The summed E-state index contributed by atoms with van der Waals surface area (Å²) in [6, 6.07) is 14.3. The van der Waals surface area contributed by atoms with Crippen LogP contribution in [-0.2, 0) is 6.54 Å². The second kappa shape index (κ2) is 11.2. The molecule has 2 N–H and O–H groups in total. The number of para-hydroxylation sites is 1. The fourth-order valence-electron chi connectivity index (χ4n) is 4.29. The number of halogens is 2. The fourth-order valence-corrected chi connectivity index (χ4v) is 4.86. The van der Waals surface area contributed by atoms with Crippen LogP contribution in [0.1, 0.15) is 38.7 Å². The summed E-state index contributed by atoms with van der Waals surface area (Å²) in [6.45, 7) is 1.80. The van der Waals surface area contributed by atoms with Gasteiger partial charge in [-0.05, 0) is 74.0 Å². The highest BCUT2D eigenvalue weighted by Crippen LogP contribution is 2.28. The van der Waals surface area contributed by atoms with Gasteiger partial charge in [0.1, 0.15) is 5.82 Å². The van der Waals surface area contributed by atoms with Crippen LogP contribution < -0.4 is 15.5 Å². The van der Waals surface area contributed by atoms with Crippen molar-refractivity contribution in [2.45, 2.75) is 45.7 Å². The summed E-state index contributed by atoms with van der Waals surface area (Å²) in [7, 11) is 4.04. The third kappa shape index (κ3) is 6.25. The zero-order valence-electron chi connectivity index (χ0n) is 18.0. The van der Waals surface area contributed by atoms with Crippen LogP contribution in [0.4, 0.5) is 11.8 Å². The second-order valence-corrected chi connectivity index (χ2v) is 9.43. The Kier molecular flexibility index (Phi) is 8.57. The van der Waals surface area contributed by atoms with E-state index in [1.807, 2.05) is 49.3 Å². The van der Waals surface area contributed by atoms with Crippen molar-refractivity contribution >= 4 is 45.9 Å². The van der Waals surface area contributed by atoms with E-state index in [0.29, 0.717) is 22.0 Å². The number of nitrogens with one attached hydrogen (secondary N) is 2. The van der Waals surface area contributed by atoms with Gasteiger partial charge in [-0.2, -0.15) is 4.98 Å². The molecule has 1 heterocycles. The Labute approximate surface area is 201 Å². The number of fused-ring (bicyclic) bond motifs is 1. The van der Waals surface area contributed by atoms with Crippen LogP contribution in [0.5, 0.6) is 0 Å². The van der Waals surface area contributed by atoms with Crippen LogP contribution in [0.3, 0.4) is 0 Å². The van der Waals surface area contributed by atoms with Gasteiger partial charge >= 0.3 is 0 Å². The van der Waals surface area contributed by atoms with Gasteiger partial charge in [-0.1, -0.05) is 42.8 Å². The van der Waals surface area contributed by atoms with Crippen LogP contribution in [0.15, 0.2) is 42.5 Å². The molecule has 1 aromatic heterocycles. The van der Waals surface area contributed by atoms with E-state index in [4.69, 9.17) is 33.2 Å². The van der Waals surface area contributed by atoms with Gasteiger partial charge in [-0.3, -0.25) is 0 Å². The van der Waals surface area contributed by atoms with Gasteiger partial charge in [0.05, 0.1) is 5.52 Å². The molecule has 5 nitrogen and oxygen atoms in total. The molecular weight excluding hydrogens is 441 g/mol. The molecule has 3 aromatic rings. The molecule has 4 rings (SSSR count). The summed E-state index contributed by atoms with van der Waals surface area (Å²) in [5, 5.41) is 9.59. The van der Waals surface area contributed by atoms with Crippen molar-refractivity contribution in [2.24, 2.45) is 5.92 Å². The molecule has 1 aliphatic carbocycles. The SMILES string of the molecule is C.CN(C)c1nc(NC2CCC(CNCc3cc(Cl)cc(Cl)c3)CC2)nc2ccccc12. The van der Waals surface area contributed by atoms with Crippen molar-refractivity contribution in [2.75, 3.05) is 30.9 Å². The van der Waals surface area contributed by atoms with Gasteiger partial charge in [-0.25, -0.2) is 4.98 Å². The lowest BCUT2D eigenvalue weighted by Crippen LogP contribution is -2.31. The van der Waals surface area contributed by atoms with Crippen molar-refractivity contribution in [3.05, 3.63) is 58.1 Å². The first-order valence-electron chi connectivity index (χ1n) is 10.8. The number of aromatic nitrogens is 2. The van der Waals surface area contributed by atoms with Crippen molar-refractivity contribution < 1.29 is 0 Å². The highest BCUT2D eigenvalue weighted by atomic mass is 35.5. The minimum atomic E-state index is 0. The predicted octanol–water partition coefficient (Wildman–Crippen LogP) is 6.40. The highest BCUT2D eigenvalue weighted by molar-refractivity contribution is 6.34. The Balaban J connectivity index is 0.00000289. The number of hydrogen-bond acceptors (Lipinski definition) is 5. The van der Waals surface area contributed by atoms with Crippen molar-refractivity contribution in [1.82, 2.24) is 15.3 Å². The molecule has 0 bridgehead atoms. The Morgan fingerprint density at radius 3 is 2.34 bits per heavy atom. The standard InChI is InChI=1S/C24H29Cl2N5.CH4/c1-31(2)23-21-5-3-4-6-22(21)29-24(30-23)28-20-9-7-16(8-10-20)14-27-15-17-11-18(25)13-19(26)12-17;/h3-6,11-13,16,20,27H,7-10,14-15H2,1-2H3,(H,28,29,30);1H4. The van der Waals surface area contributed by atoms with Crippen molar-refractivity contribution in [3.63, 3.8) is 0 Å². The maximum absolute atomic E-state index is 6.09. The maximum Gasteiger partial charge on any atom is 0.225 e. The van der Waals surface area contributed by atoms with E-state index in [1.165, 1.54) is 12.8 Å². The van der Waals surface area contributed by atoms with Crippen molar-refractivity contribution in [1.29, 1.82) is 0 Å². The van der Waals surface area contributed by atoms with E-state index in [-0.39, 0.29) is 7.43 Å². The summed E-state index contributed by atoms with van der Waals surface area (Å²) in [5.74, 6) is 2.36. The van der Waals surface area contributed by atoms with Crippen molar-refractivity contribution in [3.8, 4) is 0 Å². The molecule has 0 saturated heterocycles. The smallest absolute Gasteiger partial charge is 0.225 e. The van der Waals surface area contributed by atoms with E-state index >= 15 is 0 Å². The minimum Gasteiger partial charge on any atom is -0.362 e. The topological polar surface area (TPSA) is 53.1 Å². The second-order valence-electron chi connectivity index (χ2n) is 8.55. The largest absolute Gasteiger partial charge is 0.362 e. The van der Waals surface area contributed by atoms with Gasteiger partial charge < -0.3 is 15.5 Å². The fraction of sp³-hybridized carbons (Fsp3) is 0.440. The molecule has 1 aliphatic rings. The number of hydrogen-bond donors (Lipinski definition) is 2. The average Bonchev–Trinajstić information content (AvgIpc) is 2.73. The molecule has 2 aromatic carbocycles. The molecule has 0 radical (unpaired) electrons. The quantitative estimate of drug-likeness (QED) is 0.415. The van der Waals surface area contributed by atoms with Crippen LogP contribution in [0.2, 0.25) is 10.0 Å². The monoisotopic (exact) mass is 473 g/mol. The first-order chi connectivity index (χ1) is 15.0. The molecule has 172 valence electrons. The summed E-state index contributed by atoms with van der Waals surface area (Å²) in [6.07, 6.45) is 4.63. The van der Waals surface area contributed by atoms with Gasteiger partial charge in [0.2, 0.25) is 5.95 Å². The molecule has 0 unspecified atom stereocenters. The molecule has 0 aliphatic heterocycles. The van der Waals surface area contributed by atoms with E-state index in [9.17, 15) is 0 Å². The number of nitrogens with zero attached hydrogens (tertiary/aromatic N) is 3. The van der Waals surface area contributed by atoms with E-state index in [0.717, 1.165) is 54.2 Å².